The van der Waals surface area contributed by atoms with Gasteiger partial charge < -0.3 is 15.0 Å². The number of nitrogens with one attached hydrogen (secondary N) is 1. The van der Waals surface area contributed by atoms with Gasteiger partial charge in [0.2, 0.25) is 0 Å². The van der Waals surface area contributed by atoms with E-state index < -0.39 is 0 Å². The summed E-state index contributed by atoms with van der Waals surface area (Å²) in [5.74, 6) is -0.810. The summed E-state index contributed by atoms with van der Waals surface area (Å²) in [4.78, 5) is 14.2. The van der Waals surface area contributed by atoms with Crippen LogP contribution in [0.1, 0.15) is 17.9 Å². The summed E-state index contributed by atoms with van der Waals surface area (Å²) in [6.45, 7) is 1.65. The van der Waals surface area contributed by atoms with Crippen molar-refractivity contribution in [2.75, 3.05) is 32.1 Å². The second-order valence-electron chi connectivity index (χ2n) is 5.51. The molecule has 2 heterocycles. The predicted octanol–water partition coefficient (Wildman–Crippen LogP) is 1.51. The summed E-state index contributed by atoms with van der Waals surface area (Å²) in [6, 6.07) is 5.12. The summed E-state index contributed by atoms with van der Waals surface area (Å²) in [5, 5.41) is 3.33. The normalized spacial score (nSPS) is 28.6. The molecule has 0 amide bonds. The van der Waals surface area contributed by atoms with Crippen LogP contribution in [0.2, 0.25) is 0 Å². The van der Waals surface area contributed by atoms with Gasteiger partial charge in [0.15, 0.2) is 0 Å². The molecule has 4 nitrogen and oxygen atoms in total. The Kier molecular flexibility index (Phi) is 3.38. The van der Waals surface area contributed by atoms with Crippen LogP contribution in [0.5, 0.6) is 0 Å². The van der Waals surface area contributed by atoms with Crippen LogP contribution in [0, 0.1) is 11.7 Å². The number of ether oxygens (including phenoxy) is 1. The third-order valence-corrected chi connectivity index (χ3v) is 4.58. The highest BCUT2D eigenvalue weighted by Gasteiger charge is 2.45. The lowest BCUT2D eigenvalue weighted by atomic mass is 9.74. The molecule has 20 heavy (non-hydrogen) atoms. The first-order chi connectivity index (χ1) is 9.65. The van der Waals surface area contributed by atoms with E-state index in [-0.39, 0.29) is 29.7 Å². The average molecular weight is 278 g/mol. The van der Waals surface area contributed by atoms with E-state index in [0.29, 0.717) is 5.69 Å². The van der Waals surface area contributed by atoms with E-state index in [1.807, 2.05) is 18.0 Å². The molecule has 1 saturated heterocycles. The van der Waals surface area contributed by atoms with Gasteiger partial charge in [0.1, 0.15) is 5.82 Å². The van der Waals surface area contributed by atoms with Gasteiger partial charge in [-0.25, -0.2) is 4.39 Å². The highest BCUT2D eigenvalue weighted by atomic mass is 19.1. The molecule has 2 aliphatic heterocycles. The van der Waals surface area contributed by atoms with Gasteiger partial charge in [0.05, 0.1) is 18.7 Å². The zero-order valence-electron chi connectivity index (χ0n) is 11.7. The number of benzene rings is 1. The Morgan fingerprint density at radius 2 is 2.30 bits per heavy atom. The zero-order chi connectivity index (χ0) is 14.3. The van der Waals surface area contributed by atoms with Crippen molar-refractivity contribution < 1.29 is 13.9 Å². The second-order valence-corrected chi connectivity index (χ2v) is 5.51. The summed E-state index contributed by atoms with van der Waals surface area (Å²) >= 11 is 0. The molecular formula is C15H19FN2O2. The smallest absolute Gasteiger partial charge is 0.313 e. The minimum atomic E-state index is -0.389. The Balaban J connectivity index is 2.14. The van der Waals surface area contributed by atoms with Gasteiger partial charge in [-0.05, 0) is 24.6 Å². The molecule has 108 valence electrons. The molecule has 0 radical (unpaired) electrons. The van der Waals surface area contributed by atoms with E-state index in [4.69, 9.17) is 4.74 Å². The standard InChI is InChI=1S/C15H19FN2O2/c1-18-12-6-7-17-8-10(12)13(15(19)20-2)9-4-3-5-11(16)14(9)18/h3-5,10,12-13,17H,6-8H2,1-2H3. The zero-order valence-corrected chi connectivity index (χ0v) is 11.7. The van der Waals surface area contributed by atoms with Crippen molar-refractivity contribution in [2.24, 2.45) is 5.92 Å². The Bertz CT molecular complexity index is 535. The molecule has 3 unspecified atom stereocenters. The quantitative estimate of drug-likeness (QED) is 0.791. The van der Waals surface area contributed by atoms with Crippen LogP contribution >= 0.6 is 0 Å². The molecule has 1 fully saturated rings. The van der Waals surface area contributed by atoms with E-state index in [2.05, 4.69) is 5.32 Å². The Morgan fingerprint density at radius 1 is 1.50 bits per heavy atom. The minimum Gasteiger partial charge on any atom is -0.469 e. The van der Waals surface area contributed by atoms with Crippen molar-refractivity contribution in [1.29, 1.82) is 0 Å². The molecule has 3 rings (SSSR count). The van der Waals surface area contributed by atoms with Crippen LogP contribution < -0.4 is 10.2 Å². The Labute approximate surface area is 117 Å². The third-order valence-electron chi connectivity index (χ3n) is 4.58. The number of para-hydroxylation sites is 1. The van der Waals surface area contributed by atoms with Gasteiger partial charge in [0, 0.05) is 25.6 Å². The van der Waals surface area contributed by atoms with Crippen molar-refractivity contribution in [3.05, 3.63) is 29.6 Å². The van der Waals surface area contributed by atoms with E-state index in [9.17, 15) is 9.18 Å². The molecule has 5 heteroatoms. The van der Waals surface area contributed by atoms with Crippen molar-refractivity contribution in [1.82, 2.24) is 5.32 Å². The van der Waals surface area contributed by atoms with Crippen LogP contribution in [0.4, 0.5) is 10.1 Å². The van der Waals surface area contributed by atoms with Crippen molar-refractivity contribution in [2.45, 2.75) is 18.4 Å². The maximum absolute atomic E-state index is 14.2. The number of nitrogens with zero attached hydrogens (tertiary/aromatic N) is 1. The first-order valence-corrected chi connectivity index (χ1v) is 6.95. The second kappa shape index (κ2) is 5.05. The van der Waals surface area contributed by atoms with Crippen molar-refractivity contribution in [3.8, 4) is 0 Å². The number of methoxy groups -OCH3 is 1. The van der Waals surface area contributed by atoms with Crippen molar-refractivity contribution >= 4 is 11.7 Å². The molecule has 1 N–H and O–H groups in total. The van der Waals surface area contributed by atoms with Crippen LogP contribution in [-0.2, 0) is 9.53 Å². The minimum absolute atomic E-state index is 0.121. The number of fused-ring (bicyclic) bond motifs is 2. The van der Waals surface area contributed by atoms with Crippen LogP contribution in [-0.4, -0.2) is 39.3 Å². The molecule has 0 spiro atoms. The number of anilines is 1. The van der Waals surface area contributed by atoms with E-state index in [1.165, 1.54) is 13.2 Å². The first kappa shape index (κ1) is 13.4. The largest absolute Gasteiger partial charge is 0.469 e. The summed E-state index contributed by atoms with van der Waals surface area (Å²) < 4.78 is 19.2. The van der Waals surface area contributed by atoms with Crippen LogP contribution in [0.3, 0.4) is 0 Å². The summed E-state index contributed by atoms with van der Waals surface area (Å²) in [6.07, 6.45) is 0.905. The Morgan fingerprint density at radius 3 is 3.05 bits per heavy atom. The topological polar surface area (TPSA) is 41.6 Å². The van der Waals surface area contributed by atoms with Crippen LogP contribution in [0.25, 0.3) is 0 Å². The molecule has 1 aromatic rings. The van der Waals surface area contributed by atoms with Gasteiger partial charge >= 0.3 is 5.97 Å². The van der Waals surface area contributed by atoms with E-state index in [1.54, 1.807) is 6.07 Å². The number of piperidine rings is 1. The predicted molar refractivity (Wildman–Crippen MR) is 74.3 cm³/mol. The Hall–Kier alpha value is -1.62. The number of hydrogen-bond acceptors (Lipinski definition) is 4. The number of esters is 1. The maximum atomic E-state index is 14.2. The molecule has 2 aliphatic rings. The van der Waals surface area contributed by atoms with Gasteiger partial charge in [-0.2, -0.15) is 0 Å². The highest BCUT2D eigenvalue weighted by Crippen LogP contribution is 2.44. The summed E-state index contributed by atoms with van der Waals surface area (Å²) in [5.41, 5.74) is 1.29. The van der Waals surface area contributed by atoms with E-state index in [0.717, 1.165) is 25.1 Å². The lowest BCUT2D eigenvalue weighted by Crippen LogP contribution is -2.55. The first-order valence-electron chi connectivity index (χ1n) is 6.95. The van der Waals surface area contributed by atoms with Gasteiger partial charge in [-0.1, -0.05) is 12.1 Å². The van der Waals surface area contributed by atoms with Crippen LogP contribution in [0.15, 0.2) is 18.2 Å². The fraction of sp³-hybridized carbons (Fsp3) is 0.533. The maximum Gasteiger partial charge on any atom is 0.313 e. The van der Waals surface area contributed by atoms with Gasteiger partial charge in [0.25, 0.3) is 0 Å². The molecule has 1 aromatic carbocycles. The number of carbonyl (C=O) groups excluding carboxylic acids is 1. The fourth-order valence-electron chi connectivity index (χ4n) is 3.67. The molecule has 0 aliphatic carbocycles. The summed E-state index contributed by atoms with van der Waals surface area (Å²) in [7, 11) is 3.31. The molecule has 0 saturated carbocycles. The fourth-order valence-corrected chi connectivity index (χ4v) is 3.67. The van der Waals surface area contributed by atoms with Crippen molar-refractivity contribution in [3.63, 3.8) is 0 Å². The molecular weight excluding hydrogens is 259 g/mol. The lowest BCUT2D eigenvalue weighted by Gasteiger charge is -2.47. The number of halogens is 1. The number of rotatable bonds is 1. The number of hydrogen-bond donors (Lipinski definition) is 1. The highest BCUT2D eigenvalue weighted by molar-refractivity contribution is 5.83. The van der Waals surface area contributed by atoms with Gasteiger partial charge in [-0.3, -0.25) is 4.79 Å². The number of carbonyl (C=O) groups is 1. The third kappa shape index (κ3) is 1.88. The molecule has 0 aromatic heterocycles. The molecule has 0 bridgehead atoms. The van der Waals surface area contributed by atoms with E-state index >= 15 is 0 Å². The lowest BCUT2D eigenvalue weighted by molar-refractivity contribution is -0.144. The van der Waals surface area contributed by atoms with Gasteiger partial charge in [-0.15, -0.1) is 0 Å². The average Bonchev–Trinajstić information content (AvgIpc) is 2.47. The monoisotopic (exact) mass is 278 g/mol. The SMILES string of the molecule is COC(=O)C1c2cccc(F)c2N(C)C2CCNCC12. The molecule has 3 atom stereocenters.